The maximum absolute atomic E-state index is 13.8. The highest BCUT2D eigenvalue weighted by Crippen LogP contribution is 2.33. The monoisotopic (exact) mass is 502 g/mol. The number of aryl methyl sites for hydroxylation is 1. The first-order valence-corrected chi connectivity index (χ1v) is 10.8. The van der Waals surface area contributed by atoms with Gasteiger partial charge in [-0.25, -0.2) is 8.78 Å². The van der Waals surface area contributed by atoms with Gasteiger partial charge in [-0.2, -0.15) is 0 Å². The zero-order valence-corrected chi connectivity index (χ0v) is 20.8. The molecule has 0 spiro atoms. The Morgan fingerprint density at radius 3 is 1.94 bits per heavy atom. The van der Waals surface area contributed by atoms with Gasteiger partial charge in [0.1, 0.15) is 17.2 Å². The van der Waals surface area contributed by atoms with Crippen LogP contribution in [0.1, 0.15) is 37.5 Å². The molecule has 0 radical (unpaired) electrons. The summed E-state index contributed by atoms with van der Waals surface area (Å²) in [5.74, 6) is -3.27. The molecule has 2 aromatic carbocycles. The van der Waals surface area contributed by atoms with E-state index in [0.29, 0.717) is 5.02 Å². The van der Waals surface area contributed by atoms with Gasteiger partial charge in [0, 0.05) is 32.0 Å². The molecule has 0 fully saturated rings. The molecular formula is C24H33ClF2N2O5. The lowest BCUT2D eigenvalue weighted by Gasteiger charge is -2.32. The average molecular weight is 503 g/mol. The first-order valence-electron chi connectivity index (χ1n) is 10.5. The number of amidine groups is 1. The first kappa shape index (κ1) is 31.4. The molecule has 2 rings (SSSR count). The number of halogens is 3. The molecule has 2 aromatic rings. The van der Waals surface area contributed by atoms with Crippen LogP contribution in [0.15, 0.2) is 47.6 Å². The number of ether oxygens (including phenoxy) is 3. The van der Waals surface area contributed by atoms with Gasteiger partial charge in [-0.3, -0.25) is 0 Å². The predicted octanol–water partition coefficient (Wildman–Crippen LogP) is 5.20. The lowest BCUT2D eigenvalue weighted by atomic mass is 10.1. The molecule has 4 N–H and O–H groups in total. The molecule has 0 aliphatic rings. The summed E-state index contributed by atoms with van der Waals surface area (Å²) in [7, 11) is 1.00. The zero-order valence-electron chi connectivity index (χ0n) is 20.0. The van der Waals surface area contributed by atoms with Crippen molar-refractivity contribution >= 4 is 23.5 Å². The fourth-order valence-corrected chi connectivity index (χ4v) is 2.96. The standard InChI is InChI=1S/C13H18F2O3.C10H11ClN2O.CH4O/c1-4-16-13(17-5-2,18-6-3)12-10(14)8-7-9-11(12)15;1-7-6-9(11)4-2-8(7)3-5-10(12)13-14;1-2/h7-9H,4-6H2,1-3H3;2-6,14H,1H3,(H2,12,13);2H,1H3/b;5-3+;. The molecule has 0 amide bonds. The summed E-state index contributed by atoms with van der Waals surface area (Å²) in [6.07, 6.45) is 3.29. The number of aliphatic hydroxyl groups excluding tert-OH is 1. The molecule has 0 saturated heterocycles. The van der Waals surface area contributed by atoms with E-state index in [1.54, 1.807) is 32.9 Å². The van der Waals surface area contributed by atoms with Crippen LogP contribution in [0, 0.1) is 18.6 Å². The normalized spacial score (nSPS) is 11.5. The van der Waals surface area contributed by atoms with E-state index in [1.165, 1.54) is 12.1 Å². The van der Waals surface area contributed by atoms with Crippen LogP contribution in [0.25, 0.3) is 6.08 Å². The topological polar surface area (TPSA) is 107 Å². The van der Waals surface area contributed by atoms with E-state index < -0.39 is 17.6 Å². The van der Waals surface area contributed by atoms with Crippen LogP contribution in [0.3, 0.4) is 0 Å². The van der Waals surface area contributed by atoms with Crippen molar-refractivity contribution in [3.05, 3.63) is 75.8 Å². The molecule has 0 heterocycles. The van der Waals surface area contributed by atoms with Crippen LogP contribution in [-0.4, -0.2) is 43.1 Å². The minimum Gasteiger partial charge on any atom is -0.409 e. The van der Waals surface area contributed by atoms with Crippen molar-refractivity contribution in [3.8, 4) is 0 Å². The Bertz CT molecular complexity index is 889. The highest BCUT2D eigenvalue weighted by atomic mass is 35.5. The van der Waals surface area contributed by atoms with Crippen LogP contribution in [0.2, 0.25) is 5.02 Å². The second kappa shape index (κ2) is 17.0. The summed E-state index contributed by atoms with van der Waals surface area (Å²) in [6, 6.07) is 9.09. The number of hydrogen-bond donors (Lipinski definition) is 3. The van der Waals surface area contributed by atoms with Crippen molar-refractivity contribution in [1.82, 2.24) is 0 Å². The molecule has 0 aliphatic carbocycles. The number of hydrogen-bond acceptors (Lipinski definition) is 6. The van der Waals surface area contributed by atoms with E-state index in [2.05, 4.69) is 5.16 Å². The van der Waals surface area contributed by atoms with Gasteiger partial charge in [-0.05, 0) is 69.2 Å². The number of oxime groups is 1. The molecule has 34 heavy (non-hydrogen) atoms. The summed E-state index contributed by atoms with van der Waals surface area (Å²) in [6.45, 7) is 7.65. The van der Waals surface area contributed by atoms with E-state index in [-0.39, 0.29) is 31.2 Å². The van der Waals surface area contributed by atoms with Gasteiger partial charge in [0.2, 0.25) is 0 Å². The van der Waals surface area contributed by atoms with Crippen molar-refractivity contribution < 1.29 is 33.3 Å². The van der Waals surface area contributed by atoms with Gasteiger partial charge < -0.3 is 30.3 Å². The van der Waals surface area contributed by atoms with E-state index >= 15 is 0 Å². The van der Waals surface area contributed by atoms with Crippen LogP contribution in [0.4, 0.5) is 8.78 Å². The van der Waals surface area contributed by atoms with Crippen molar-refractivity contribution in [3.63, 3.8) is 0 Å². The summed E-state index contributed by atoms with van der Waals surface area (Å²) in [5.41, 5.74) is 6.96. The van der Waals surface area contributed by atoms with Crippen molar-refractivity contribution in [2.75, 3.05) is 26.9 Å². The van der Waals surface area contributed by atoms with Gasteiger partial charge in [-0.15, -0.1) is 0 Å². The molecule has 190 valence electrons. The van der Waals surface area contributed by atoms with Gasteiger partial charge >= 0.3 is 5.97 Å². The number of rotatable bonds is 9. The van der Waals surface area contributed by atoms with Gasteiger partial charge in [0.25, 0.3) is 0 Å². The van der Waals surface area contributed by atoms with Crippen molar-refractivity contribution in [2.45, 2.75) is 33.7 Å². The molecule has 10 heteroatoms. The van der Waals surface area contributed by atoms with E-state index in [9.17, 15) is 8.78 Å². The van der Waals surface area contributed by atoms with E-state index in [4.69, 9.17) is 41.9 Å². The summed E-state index contributed by atoms with van der Waals surface area (Å²) < 4.78 is 43.7. The Hall–Kier alpha value is -2.56. The third-order valence-corrected chi connectivity index (χ3v) is 4.29. The Kier molecular flexibility index (Phi) is 15.7. The fraction of sp³-hybridized carbons (Fsp3) is 0.375. The lowest BCUT2D eigenvalue weighted by molar-refractivity contribution is -0.391. The largest absolute Gasteiger partial charge is 0.409 e. The first-order chi connectivity index (χ1) is 16.2. The van der Waals surface area contributed by atoms with Gasteiger partial charge in [0.05, 0.1) is 0 Å². The predicted molar refractivity (Wildman–Crippen MR) is 130 cm³/mol. The Balaban J connectivity index is 0.000000613. The third-order valence-electron chi connectivity index (χ3n) is 4.05. The summed E-state index contributed by atoms with van der Waals surface area (Å²) in [4.78, 5) is 0. The molecular weight excluding hydrogens is 470 g/mol. The van der Waals surface area contributed by atoms with Crippen LogP contribution < -0.4 is 5.73 Å². The second-order valence-electron chi connectivity index (χ2n) is 6.31. The zero-order chi connectivity index (χ0) is 26.1. The molecule has 0 unspecified atom stereocenters. The van der Waals surface area contributed by atoms with E-state index in [1.807, 2.05) is 19.1 Å². The van der Waals surface area contributed by atoms with Crippen molar-refractivity contribution in [1.29, 1.82) is 0 Å². The summed E-state index contributed by atoms with van der Waals surface area (Å²) in [5, 5.41) is 18.8. The van der Waals surface area contributed by atoms with Crippen LogP contribution in [0.5, 0.6) is 0 Å². The van der Waals surface area contributed by atoms with Gasteiger partial charge in [0.15, 0.2) is 5.84 Å². The maximum atomic E-state index is 13.8. The molecule has 0 bridgehead atoms. The number of nitrogens with zero attached hydrogens (tertiary/aromatic N) is 1. The minimum atomic E-state index is -1.83. The van der Waals surface area contributed by atoms with E-state index in [0.717, 1.165) is 30.4 Å². The van der Waals surface area contributed by atoms with Crippen molar-refractivity contribution in [2.24, 2.45) is 10.9 Å². The third kappa shape index (κ3) is 9.74. The summed E-state index contributed by atoms with van der Waals surface area (Å²) >= 11 is 5.79. The minimum absolute atomic E-state index is 0.0688. The fourth-order valence-electron chi connectivity index (χ4n) is 2.74. The Morgan fingerprint density at radius 1 is 1.03 bits per heavy atom. The Morgan fingerprint density at radius 2 is 1.53 bits per heavy atom. The highest BCUT2D eigenvalue weighted by molar-refractivity contribution is 6.30. The quantitative estimate of drug-likeness (QED) is 0.143. The Labute approximate surface area is 204 Å². The molecule has 0 atom stereocenters. The van der Waals surface area contributed by atoms with Crippen LogP contribution >= 0.6 is 11.6 Å². The number of nitrogens with two attached hydrogens (primary N) is 1. The van der Waals surface area contributed by atoms with Crippen LogP contribution in [-0.2, 0) is 20.2 Å². The number of aliphatic hydroxyl groups is 1. The SMILES string of the molecule is CCOC(OCC)(OCC)c1c(F)cccc1F.CO.Cc1cc(Cl)ccc1/C=C/C(N)=N\O. The molecule has 0 aliphatic heterocycles. The lowest BCUT2D eigenvalue weighted by Crippen LogP contribution is -2.38. The maximum Gasteiger partial charge on any atom is 0.317 e. The molecule has 7 nitrogen and oxygen atoms in total. The molecule has 0 aromatic heterocycles. The number of benzene rings is 2. The molecule has 0 saturated carbocycles. The smallest absolute Gasteiger partial charge is 0.317 e. The average Bonchev–Trinajstić information content (AvgIpc) is 2.80. The second-order valence-corrected chi connectivity index (χ2v) is 6.75. The van der Waals surface area contributed by atoms with Gasteiger partial charge in [-0.1, -0.05) is 35.0 Å². The highest BCUT2D eigenvalue weighted by Gasteiger charge is 2.40.